The number of benzene rings is 1. The summed E-state index contributed by atoms with van der Waals surface area (Å²) >= 11 is 1.37. The largest absolute Gasteiger partial charge is 0.355 e. The third kappa shape index (κ3) is 4.56. The maximum absolute atomic E-state index is 11.9. The molecule has 6 nitrogen and oxygen atoms in total. The predicted molar refractivity (Wildman–Crippen MR) is 82.0 cm³/mol. The van der Waals surface area contributed by atoms with Crippen molar-refractivity contribution in [2.45, 2.75) is 37.2 Å². The summed E-state index contributed by atoms with van der Waals surface area (Å²) in [5.41, 5.74) is 1.12. The summed E-state index contributed by atoms with van der Waals surface area (Å²) in [6.07, 6.45) is 0.925. The van der Waals surface area contributed by atoms with Crippen LogP contribution >= 0.6 is 11.8 Å². The number of amides is 1. The summed E-state index contributed by atoms with van der Waals surface area (Å²) in [6.45, 7) is 5.17. The number of hydrogen-bond acceptors (Lipinski definition) is 5. The highest BCUT2D eigenvalue weighted by atomic mass is 32.2. The van der Waals surface area contributed by atoms with E-state index in [9.17, 15) is 4.79 Å². The molecule has 2 aromatic rings. The number of tetrazole rings is 1. The second-order valence-corrected chi connectivity index (χ2v) is 5.96. The molecule has 1 N–H and O–H groups in total. The minimum absolute atomic E-state index is 0.0103. The smallest absolute Gasteiger partial charge is 0.233 e. The number of thioether (sulfide) groups is 1. The van der Waals surface area contributed by atoms with Crippen molar-refractivity contribution in [1.29, 1.82) is 0 Å². The summed E-state index contributed by atoms with van der Waals surface area (Å²) in [5.74, 6) is 0.0103. The molecule has 1 aromatic carbocycles. The molecule has 2 rings (SSSR count). The zero-order valence-electron chi connectivity index (χ0n) is 12.2. The molecule has 0 aliphatic carbocycles. The van der Waals surface area contributed by atoms with Crippen LogP contribution in [0.3, 0.4) is 0 Å². The highest BCUT2D eigenvalue weighted by Gasteiger charge is 2.18. The van der Waals surface area contributed by atoms with Gasteiger partial charge in [-0.25, -0.2) is 4.68 Å². The lowest BCUT2D eigenvalue weighted by molar-refractivity contribution is -0.120. The van der Waals surface area contributed by atoms with Crippen molar-refractivity contribution in [1.82, 2.24) is 25.5 Å². The molecule has 1 heterocycles. The van der Waals surface area contributed by atoms with E-state index >= 15 is 0 Å². The second kappa shape index (κ2) is 7.78. The van der Waals surface area contributed by atoms with Gasteiger partial charge in [0.25, 0.3) is 0 Å². The monoisotopic (exact) mass is 305 g/mol. The fourth-order valence-electron chi connectivity index (χ4n) is 1.74. The van der Waals surface area contributed by atoms with Gasteiger partial charge in [-0.15, -0.1) is 5.10 Å². The van der Waals surface area contributed by atoms with Gasteiger partial charge in [0.05, 0.1) is 11.8 Å². The van der Waals surface area contributed by atoms with Gasteiger partial charge >= 0.3 is 0 Å². The normalized spacial score (nSPS) is 12.1. The zero-order chi connectivity index (χ0) is 15.1. The summed E-state index contributed by atoms with van der Waals surface area (Å²) in [6, 6.07) is 9.97. The van der Waals surface area contributed by atoms with E-state index in [1.165, 1.54) is 11.8 Å². The van der Waals surface area contributed by atoms with Crippen molar-refractivity contribution in [2.24, 2.45) is 0 Å². The van der Waals surface area contributed by atoms with Gasteiger partial charge in [0.2, 0.25) is 11.1 Å². The first-order chi connectivity index (χ1) is 10.2. The highest BCUT2D eigenvalue weighted by Crippen LogP contribution is 2.20. The molecular weight excluding hydrogens is 286 g/mol. The lowest BCUT2D eigenvalue weighted by Gasteiger charge is -2.11. The number of hydrogen-bond donors (Lipinski definition) is 1. The Morgan fingerprint density at radius 2 is 2.14 bits per heavy atom. The third-order valence-electron chi connectivity index (χ3n) is 2.87. The lowest BCUT2D eigenvalue weighted by atomic mass is 10.2. The average Bonchev–Trinajstić information content (AvgIpc) is 2.92. The lowest BCUT2D eigenvalue weighted by Crippen LogP contribution is -2.31. The summed E-state index contributed by atoms with van der Waals surface area (Å²) in [4.78, 5) is 11.9. The summed E-state index contributed by atoms with van der Waals surface area (Å²) in [7, 11) is 0. The van der Waals surface area contributed by atoms with Crippen LogP contribution in [0.5, 0.6) is 0 Å². The first-order valence-corrected chi connectivity index (χ1v) is 7.83. The van der Waals surface area contributed by atoms with E-state index in [0.29, 0.717) is 18.2 Å². The van der Waals surface area contributed by atoms with Crippen LogP contribution in [0.4, 0.5) is 0 Å². The Bertz CT molecular complexity index is 572. The Morgan fingerprint density at radius 3 is 2.86 bits per heavy atom. The van der Waals surface area contributed by atoms with Gasteiger partial charge in [0.1, 0.15) is 0 Å². The maximum atomic E-state index is 11.9. The minimum atomic E-state index is -0.225. The van der Waals surface area contributed by atoms with E-state index < -0.39 is 0 Å². The fourth-order valence-corrected chi connectivity index (χ4v) is 2.55. The van der Waals surface area contributed by atoms with Crippen LogP contribution in [-0.4, -0.2) is 37.9 Å². The quantitative estimate of drug-likeness (QED) is 0.789. The van der Waals surface area contributed by atoms with Crippen LogP contribution in [0.2, 0.25) is 0 Å². The molecule has 1 unspecified atom stereocenters. The standard InChI is InChI=1S/C14H19N5OS/c1-3-9-15-13(20)11(2)21-14-16-17-18-19(14)10-12-7-5-4-6-8-12/h4-8,11H,3,9-10H2,1-2H3,(H,15,20). The topological polar surface area (TPSA) is 72.7 Å². The molecule has 0 spiro atoms. The molecule has 0 radical (unpaired) electrons. The molecule has 0 fully saturated rings. The zero-order valence-corrected chi connectivity index (χ0v) is 13.0. The average molecular weight is 305 g/mol. The highest BCUT2D eigenvalue weighted by molar-refractivity contribution is 8.00. The van der Waals surface area contributed by atoms with Crippen LogP contribution in [0.1, 0.15) is 25.8 Å². The number of carbonyl (C=O) groups is 1. The molecule has 0 aliphatic heterocycles. The molecule has 7 heteroatoms. The number of nitrogens with one attached hydrogen (secondary N) is 1. The molecule has 0 saturated heterocycles. The molecule has 21 heavy (non-hydrogen) atoms. The van der Waals surface area contributed by atoms with Crippen LogP contribution in [0.25, 0.3) is 0 Å². The van der Waals surface area contributed by atoms with Gasteiger partial charge < -0.3 is 5.32 Å². The van der Waals surface area contributed by atoms with E-state index in [2.05, 4.69) is 20.8 Å². The van der Waals surface area contributed by atoms with Gasteiger partial charge in [-0.2, -0.15) is 0 Å². The van der Waals surface area contributed by atoms with Crippen molar-refractivity contribution in [2.75, 3.05) is 6.54 Å². The van der Waals surface area contributed by atoms with E-state index in [-0.39, 0.29) is 11.2 Å². The van der Waals surface area contributed by atoms with Crippen LogP contribution in [-0.2, 0) is 11.3 Å². The van der Waals surface area contributed by atoms with Gasteiger partial charge in [-0.3, -0.25) is 4.79 Å². The number of aromatic nitrogens is 4. The molecule has 1 atom stereocenters. The van der Waals surface area contributed by atoms with Crippen molar-refractivity contribution in [3.8, 4) is 0 Å². The van der Waals surface area contributed by atoms with Gasteiger partial charge in [-0.1, -0.05) is 49.0 Å². The molecule has 112 valence electrons. The van der Waals surface area contributed by atoms with E-state index in [1.54, 1.807) is 4.68 Å². The van der Waals surface area contributed by atoms with Gasteiger partial charge in [0.15, 0.2) is 0 Å². The van der Waals surface area contributed by atoms with Crippen LogP contribution in [0.15, 0.2) is 35.5 Å². The van der Waals surface area contributed by atoms with Gasteiger partial charge in [-0.05, 0) is 29.3 Å². The number of nitrogens with zero attached hydrogens (tertiary/aromatic N) is 4. The molecule has 1 amide bonds. The van der Waals surface area contributed by atoms with E-state index in [1.807, 2.05) is 44.2 Å². The first kappa shape index (κ1) is 15.5. The van der Waals surface area contributed by atoms with Crippen molar-refractivity contribution < 1.29 is 4.79 Å². The van der Waals surface area contributed by atoms with Crippen molar-refractivity contribution in [3.05, 3.63) is 35.9 Å². The molecule has 1 aromatic heterocycles. The molecule has 0 bridgehead atoms. The SMILES string of the molecule is CCCNC(=O)C(C)Sc1nnnn1Cc1ccccc1. The summed E-state index contributed by atoms with van der Waals surface area (Å²) < 4.78 is 1.71. The second-order valence-electron chi connectivity index (χ2n) is 4.66. The number of carbonyl (C=O) groups excluding carboxylic acids is 1. The third-order valence-corrected chi connectivity index (χ3v) is 3.95. The predicted octanol–water partition coefficient (Wildman–Crippen LogP) is 1.73. The first-order valence-electron chi connectivity index (χ1n) is 6.95. The molecule has 0 aliphatic rings. The Balaban J connectivity index is 1.98. The maximum Gasteiger partial charge on any atom is 0.233 e. The Hall–Kier alpha value is -1.89. The van der Waals surface area contributed by atoms with E-state index in [0.717, 1.165) is 12.0 Å². The van der Waals surface area contributed by atoms with Crippen LogP contribution in [0, 0.1) is 0 Å². The Kier molecular flexibility index (Phi) is 5.74. The Morgan fingerprint density at radius 1 is 1.38 bits per heavy atom. The minimum Gasteiger partial charge on any atom is -0.355 e. The van der Waals surface area contributed by atoms with Crippen LogP contribution < -0.4 is 5.32 Å². The molecule has 0 saturated carbocycles. The molecular formula is C14H19N5OS. The fraction of sp³-hybridized carbons (Fsp3) is 0.429. The Labute approximate surface area is 128 Å². The van der Waals surface area contributed by atoms with Crippen molar-refractivity contribution >= 4 is 17.7 Å². The van der Waals surface area contributed by atoms with Gasteiger partial charge in [0, 0.05) is 6.54 Å². The van der Waals surface area contributed by atoms with E-state index in [4.69, 9.17) is 0 Å². The van der Waals surface area contributed by atoms with Crippen molar-refractivity contribution in [3.63, 3.8) is 0 Å². The number of rotatable bonds is 7. The summed E-state index contributed by atoms with van der Waals surface area (Å²) in [5, 5.41) is 15.0.